The third-order valence-corrected chi connectivity index (χ3v) is 2.26. The highest BCUT2D eigenvalue weighted by Gasteiger charge is 2.23. The lowest BCUT2D eigenvalue weighted by Gasteiger charge is -2.19. The maximum atomic E-state index is 12.9. The highest BCUT2D eigenvalue weighted by Crippen LogP contribution is 2.13. The minimum Gasteiger partial charge on any atom is -0.389 e. The van der Waals surface area contributed by atoms with Crippen molar-refractivity contribution >= 4 is 0 Å². The summed E-state index contributed by atoms with van der Waals surface area (Å²) >= 11 is 0. The van der Waals surface area contributed by atoms with Crippen LogP contribution in [0.3, 0.4) is 0 Å². The molecule has 0 aromatic carbocycles. The number of aliphatic hydroxyl groups excluding tert-OH is 1. The summed E-state index contributed by atoms with van der Waals surface area (Å²) in [6, 6.07) is 0. The Labute approximate surface area is 67.0 Å². The van der Waals surface area contributed by atoms with E-state index in [1.165, 1.54) is 0 Å². The lowest BCUT2D eigenvalue weighted by molar-refractivity contribution is 0.0587. The first-order valence-electron chi connectivity index (χ1n) is 4.28. The monoisotopic (exact) mass is 161 g/mol. The molecule has 0 bridgehead atoms. The first-order valence-corrected chi connectivity index (χ1v) is 4.28. The summed E-state index contributed by atoms with van der Waals surface area (Å²) in [6.45, 7) is 4.36. The molecule has 2 unspecified atom stereocenters. The Hall–Kier alpha value is -0.150. The van der Waals surface area contributed by atoms with Crippen molar-refractivity contribution in [3.8, 4) is 0 Å². The van der Waals surface area contributed by atoms with Crippen molar-refractivity contribution in [2.45, 2.75) is 32.0 Å². The number of alkyl halides is 1. The number of rotatable bonds is 1. The molecular formula is C8H16FNO. The zero-order valence-electron chi connectivity index (χ0n) is 6.96. The molecule has 1 fully saturated rings. The van der Waals surface area contributed by atoms with E-state index < -0.39 is 12.3 Å². The summed E-state index contributed by atoms with van der Waals surface area (Å²) < 4.78 is 12.9. The van der Waals surface area contributed by atoms with E-state index in [1.807, 2.05) is 6.92 Å². The molecule has 1 aliphatic heterocycles. The van der Waals surface area contributed by atoms with Gasteiger partial charge in [0.05, 0.1) is 6.10 Å². The van der Waals surface area contributed by atoms with Crippen LogP contribution in [-0.2, 0) is 0 Å². The third kappa shape index (κ3) is 2.42. The number of likely N-dealkylation sites (N-methyl/N-ethyl adjacent to an activating group) is 1. The first-order chi connectivity index (χ1) is 5.24. The van der Waals surface area contributed by atoms with E-state index in [2.05, 4.69) is 4.90 Å². The second kappa shape index (κ2) is 4.02. The van der Waals surface area contributed by atoms with Gasteiger partial charge >= 0.3 is 0 Å². The molecule has 0 amide bonds. The minimum absolute atomic E-state index is 0.498. The van der Waals surface area contributed by atoms with Crippen molar-refractivity contribution < 1.29 is 9.50 Å². The van der Waals surface area contributed by atoms with Gasteiger partial charge in [-0.25, -0.2) is 4.39 Å². The van der Waals surface area contributed by atoms with Crippen LogP contribution >= 0.6 is 0 Å². The van der Waals surface area contributed by atoms with Crippen molar-refractivity contribution in [2.75, 3.05) is 19.6 Å². The van der Waals surface area contributed by atoms with E-state index in [-0.39, 0.29) is 0 Å². The number of likely N-dealkylation sites (tertiary alicyclic amines) is 1. The standard InChI is InChI=1S/C8H16FNO/c1-2-10-5-3-4-7(9)8(11)6-10/h7-8,11H,2-6H2,1H3. The Bertz CT molecular complexity index is 121. The lowest BCUT2D eigenvalue weighted by atomic mass is 10.1. The van der Waals surface area contributed by atoms with Crippen molar-refractivity contribution in [1.82, 2.24) is 4.90 Å². The summed E-state index contributed by atoms with van der Waals surface area (Å²) in [4.78, 5) is 2.09. The van der Waals surface area contributed by atoms with E-state index in [1.54, 1.807) is 0 Å². The second-order valence-corrected chi connectivity index (χ2v) is 3.12. The summed E-state index contributed by atoms with van der Waals surface area (Å²) in [5, 5.41) is 9.24. The van der Waals surface area contributed by atoms with Crippen molar-refractivity contribution in [3.63, 3.8) is 0 Å². The Morgan fingerprint density at radius 2 is 2.36 bits per heavy atom. The number of halogens is 1. The molecule has 1 aliphatic rings. The van der Waals surface area contributed by atoms with Gasteiger partial charge in [0.1, 0.15) is 6.17 Å². The fourth-order valence-electron chi connectivity index (χ4n) is 1.46. The molecular weight excluding hydrogens is 145 g/mol. The minimum atomic E-state index is -1.01. The molecule has 0 saturated carbocycles. The number of hydrogen-bond acceptors (Lipinski definition) is 2. The Kier molecular flexibility index (Phi) is 3.27. The molecule has 1 saturated heterocycles. The molecule has 0 aliphatic carbocycles. The van der Waals surface area contributed by atoms with Crippen LogP contribution in [0.2, 0.25) is 0 Å². The zero-order valence-corrected chi connectivity index (χ0v) is 6.96. The van der Waals surface area contributed by atoms with Crippen molar-refractivity contribution in [1.29, 1.82) is 0 Å². The van der Waals surface area contributed by atoms with E-state index in [4.69, 9.17) is 0 Å². The predicted molar refractivity (Wildman–Crippen MR) is 42.3 cm³/mol. The SMILES string of the molecule is CCN1CCCC(F)C(O)C1. The van der Waals surface area contributed by atoms with Gasteiger partial charge in [-0.3, -0.25) is 0 Å². The molecule has 2 nitrogen and oxygen atoms in total. The fourth-order valence-corrected chi connectivity index (χ4v) is 1.46. The molecule has 1 rings (SSSR count). The predicted octanol–water partition coefficient (Wildman–Crippen LogP) is 0.801. The van der Waals surface area contributed by atoms with E-state index in [9.17, 15) is 9.50 Å². The fraction of sp³-hybridized carbons (Fsp3) is 1.00. The lowest BCUT2D eigenvalue weighted by Crippen LogP contribution is -2.34. The van der Waals surface area contributed by atoms with Gasteiger partial charge in [0.25, 0.3) is 0 Å². The summed E-state index contributed by atoms with van der Waals surface area (Å²) in [5.41, 5.74) is 0. The molecule has 3 heteroatoms. The largest absolute Gasteiger partial charge is 0.389 e. The summed E-state index contributed by atoms with van der Waals surface area (Å²) in [5.74, 6) is 0. The van der Waals surface area contributed by atoms with Gasteiger partial charge in [0.2, 0.25) is 0 Å². The van der Waals surface area contributed by atoms with Crippen LogP contribution in [0.5, 0.6) is 0 Å². The number of aliphatic hydroxyl groups is 1. The summed E-state index contributed by atoms with van der Waals surface area (Å²) in [7, 11) is 0. The highest BCUT2D eigenvalue weighted by atomic mass is 19.1. The zero-order chi connectivity index (χ0) is 8.27. The second-order valence-electron chi connectivity index (χ2n) is 3.12. The van der Waals surface area contributed by atoms with Crippen LogP contribution in [0.1, 0.15) is 19.8 Å². The molecule has 11 heavy (non-hydrogen) atoms. The molecule has 1 N–H and O–H groups in total. The Morgan fingerprint density at radius 1 is 1.64 bits per heavy atom. The average Bonchev–Trinajstić information content (AvgIpc) is 2.15. The van der Waals surface area contributed by atoms with Gasteiger partial charge in [-0.2, -0.15) is 0 Å². The van der Waals surface area contributed by atoms with Crippen LogP contribution in [-0.4, -0.2) is 41.9 Å². The van der Waals surface area contributed by atoms with Crippen molar-refractivity contribution in [3.05, 3.63) is 0 Å². The quantitative estimate of drug-likeness (QED) is 0.615. The molecule has 0 aromatic rings. The Balaban J connectivity index is 2.41. The van der Waals surface area contributed by atoms with E-state index >= 15 is 0 Å². The smallest absolute Gasteiger partial charge is 0.127 e. The third-order valence-electron chi connectivity index (χ3n) is 2.26. The molecule has 0 radical (unpaired) electrons. The highest BCUT2D eigenvalue weighted by molar-refractivity contribution is 4.76. The van der Waals surface area contributed by atoms with Crippen LogP contribution in [0, 0.1) is 0 Å². The molecule has 1 heterocycles. The number of β-amino-alcohol motifs (C(OH)–C–C–N with tert-alkyl or cyclic N) is 1. The molecule has 66 valence electrons. The van der Waals surface area contributed by atoms with Gasteiger partial charge in [0.15, 0.2) is 0 Å². The first kappa shape index (κ1) is 8.94. The van der Waals surface area contributed by atoms with E-state index in [0.717, 1.165) is 19.5 Å². The summed E-state index contributed by atoms with van der Waals surface area (Å²) in [6.07, 6.45) is -0.395. The average molecular weight is 161 g/mol. The number of hydrogen-bond donors (Lipinski definition) is 1. The topological polar surface area (TPSA) is 23.5 Å². The van der Waals surface area contributed by atoms with Gasteiger partial charge in [-0.15, -0.1) is 0 Å². The van der Waals surface area contributed by atoms with E-state index in [0.29, 0.717) is 13.0 Å². The van der Waals surface area contributed by atoms with Gasteiger partial charge in [0, 0.05) is 6.54 Å². The number of nitrogens with zero attached hydrogens (tertiary/aromatic N) is 1. The van der Waals surface area contributed by atoms with Crippen molar-refractivity contribution in [2.24, 2.45) is 0 Å². The maximum Gasteiger partial charge on any atom is 0.127 e. The van der Waals surface area contributed by atoms with Gasteiger partial charge < -0.3 is 10.0 Å². The molecule has 0 aromatic heterocycles. The normalized spacial score (nSPS) is 35.2. The van der Waals surface area contributed by atoms with Gasteiger partial charge in [-0.1, -0.05) is 6.92 Å². The molecule has 2 atom stereocenters. The molecule has 0 spiro atoms. The van der Waals surface area contributed by atoms with Crippen LogP contribution in [0.15, 0.2) is 0 Å². The van der Waals surface area contributed by atoms with Crippen LogP contribution < -0.4 is 0 Å². The Morgan fingerprint density at radius 3 is 3.00 bits per heavy atom. The van der Waals surface area contributed by atoms with Gasteiger partial charge in [-0.05, 0) is 25.9 Å². The van der Waals surface area contributed by atoms with Crippen LogP contribution in [0.4, 0.5) is 4.39 Å². The van der Waals surface area contributed by atoms with Crippen LogP contribution in [0.25, 0.3) is 0 Å². The maximum absolute atomic E-state index is 12.9.